The highest BCUT2D eigenvalue weighted by Crippen LogP contribution is 2.29. The molecule has 0 radical (unpaired) electrons. The summed E-state index contributed by atoms with van der Waals surface area (Å²) >= 11 is 0. The van der Waals surface area contributed by atoms with Gasteiger partial charge in [-0.1, -0.05) is 32.6 Å². The molecule has 2 nitrogen and oxygen atoms in total. The maximum Gasteiger partial charge on any atom is 0.137 e. The zero-order valence-corrected chi connectivity index (χ0v) is 12.0. The van der Waals surface area contributed by atoms with Crippen LogP contribution in [0.5, 0.6) is 0 Å². The Kier molecular flexibility index (Phi) is 5.68. The van der Waals surface area contributed by atoms with Crippen LogP contribution in [-0.4, -0.2) is 30.3 Å². The largest absolute Gasteiger partial charge is 0.303 e. The van der Waals surface area contributed by atoms with Crippen LogP contribution >= 0.6 is 0 Å². The molecule has 1 aliphatic heterocycles. The van der Waals surface area contributed by atoms with E-state index >= 15 is 0 Å². The molecule has 1 heterocycles. The van der Waals surface area contributed by atoms with E-state index in [9.17, 15) is 4.79 Å². The lowest BCUT2D eigenvalue weighted by Gasteiger charge is -2.32. The van der Waals surface area contributed by atoms with E-state index in [1.165, 1.54) is 51.6 Å². The average Bonchev–Trinajstić information content (AvgIpc) is 2.35. The van der Waals surface area contributed by atoms with Crippen LogP contribution in [0.25, 0.3) is 0 Å². The minimum atomic E-state index is 0.350. The quantitative estimate of drug-likeness (QED) is 0.763. The molecule has 0 aromatic rings. The number of hydrogen-bond acceptors (Lipinski definition) is 2. The monoisotopic (exact) mass is 251 g/mol. The molecular formula is C16H29NO. The fourth-order valence-electron chi connectivity index (χ4n) is 3.56. The summed E-state index contributed by atoms with van der Waals surface area (Å²) in [6.45, 7) is 5.77. The van der Waals surface area contributed by atoms with E-state index in [4.69, 9.17) is 0 Å². The van der Waals surface area contributed by atoms with Crippen LogP contribution in [0.4, 0.5) is 0 Å². The molecule has 1 aliphatic carbocycles. The van der Waals surface area contributed by atoms with Gasteiger partial charge in [0.25, 0.3) is 0 Å². The minimum Gasteiger partial charge on any atom is -0.303 e. The summed E-state index contributed by atoms with van der Waals surface area (Å²) in [4.78, 5) is 14.6. The molecule has 18 heavy (non-hydrogen) atoms. The number of nitrogens with zero attached hydrogens (tertiary/aromatic N) is 1. The first kappa shape index (κ1) is 14.0. The molecule has 1 saturated carbocycles. The molecule has 0 N–H and O–H groups in total. The Labute approximate surface area is 112 Å². The Hall–Kier alpha value is -0.370. The second-order valence-electron chi connectivity index (χ2n) is 6.28. The Bertz CT molecular complexity index is 256. The predicted octanol–water partition coefficient (Wildman–Crippen LogP) is 3.65. The van der Waals surface area contributed by atoms with Crippen molar-refractivity contribution in [3.05, 3.63) is 0 Å². The fourth-order valence-corrected chi connectivity index (χ4v) is 3.56. The number of carbonyl (C=O) groups is 1. The number of rotatable bonds is 3. The van der Waals surface area contributed by atoms with Gasteiger partial charge in [0.2, 0.25) is 0 Å². The van der Waals surface area contributed by atoms with Crippen LogP contribution in [0.1, 0.15) is 64.7 Å². The van der Waals surface area contributed by atoms with Crippen molar-refractivity contribution in [1.82, 2.24) is 4.90 Å². The number of carbonyl (C=O) groups excluding carboxylic acids is 1. The minimum absolute atomic E-state index is 0.350. The molecule has 2 rings (SSSR count). The lowest BCUT2D eigenvalue weighted by Crippen LogP contribution is -2.38. The van der Waals surface area contributed by atoms with Crippen LogP contribution in [0, 0.1) is 11.8 Å². The van der Waals surface area contributed by atoms with Gasteiger partial charge in [-0.2, -0.15) is 0 Å². The molecule has 0 bridgehead atoms. The summed E-state index contributed by atoms with van der Waals surface area (Å²) < 4.78 is 0. The molecule has 0 aromatic carbocycles. The van der Waals surface area contributed by atoms with Crippen molar-refractivity contribution in [3.8, 4) is 0 Å². The maximum atomic E-state index is 12.1. The van der Waals surface area contributed by atoms with Gasteiger partial charge >= 0.3 is 0 Å². The predicted molar refractivity (Wildman–Crippen MR) is 75.7 cm³/mol. The molecule has 104 valence electrons. The van der Waals surface area contributed by atoms with Crippen molar-refractivity contribution in [3.63, 3.8) is 0 Å². The summed E-state index contributed by atoms with van der Waals surface area (Å²) in [5.74, 6) is 1.70. The van der Waals surface area contributed by atoms with Crippen LogP contribution in [0.15, 0.2) is 0 Å². The van der Waals surface area contributed by atoms with E-state index in [1.807, 2.05) is 0 Å². The van der Waals surface area contributed by atoms with E-state index < -0.39 is 0 Å². The molecular weight excluding hydrogens is 222 g/mol. The highest BCUT2D eigenvalue weighted by Gasteiger charge is 2.29. The average molecular weight is 251 g/mol. The van der Waals surface area contributed by atoms with Gasteiger partial charge in [0.05, 0.1) is 0 Å². The van der Waals surface area contributed by atoms with E-state index in [-0.39, 0.29) is 0 Å². The Morgan fingerprint density at radius 1 is 1.11 bits per heavy atom. The van der Waals surface area contributed by atoms with Gasteiger partial charge < -0.3 is 4.90 Å². The molecule has 2 heteroatoms. The van der Waals surface area contributed by atoms with Crippen molar-refractivity contribution < 1.29 is 4.79 Å². The lowest BCUT2D eigenvalue weighted by atomic mass is 9.79. The van der Waals surface area contributed by atoms with E-state index in [0.29, 0.717) is 11.7 Å². The maximum absolute atomic E-state index is 12.1. The fraction of sp³-hybridized carbons (Fsp3) is 0.938. The number of ketones is 1. The van der Waals surface area contributed by atoms with Crippen molar-refractivity contribution >= 4 is 5.78 Å². The van der Waals surface area contributed by atoms with Gasteiger partial charge in [-0.05, 0) is 44.7 Å². The van der Waals surface area contributed by atoms with E-state index in [0.717, 1.165) is 31.7 Å². The van der Waals surface area contributed by atoms with Gasteiger partial charge in [0, 0.05) is 18.9 Å². The first-order chi connectivity index (χ1) is 8.79. The molecule has 0 spiro atoms. The van der Waals surface area contributed by atoms with Gasteiger partial charge in [-0.3, -0.25) is 4.79 Å². The van der Waals surface area contributed by atoms with Crippen LogP contribution in [0.2, 0.25) is 0 Å². The smallest absolute Gasteiger partial charge is 0.137 e. The van der Waals surface area contributed by atoms with Crippen LogP contribution in [0.3, 0.4) is 0 Å². The topological polar surface area (TPSA) is 20.3 Å². The van der Waals surface area contributed by atoms with Gasteiger partial charge in [0.15, 0.2) is 0 Å². The van der Waals surface area contributed by atoms with Gasteiger partial charge in [-0.25, -0.2) is 0 Å². The number of Topliss-reactive ketones (excluding diaryl/α,β-unsaturated/α-hetero) is 1. The second kappa shape index (κ2) is 7.28. The van der Waals surface area contributed by atoms with Gasteiger partial charge in [0.1, 0.15) is 5.78 Å². The summed E-state index contributed by atoms with van der Waals surface area (Å²) in [5, 5.41) is 0. The second-order valence-corrected chi connectivity index (χ2v) is 6.28. The highest BCUT2D eigenvalue weighted by atomic mass is 16.1. The Morgan fingerprint density at radius 2 is 1.78 bits per heavy atom. The molecule has 0 aromatic heterocycles. The number of hydrogen-bond donors (Lipinski definition) is 0. The molecule has 1 saturated heterocycles. The zero-order chi connectivity index (χ0) is 12.8. The van der Waals surface area contributed by atoms with Gasteiger partial charge in [-0.15, -0.1) is 0 Å². The van der Waals surface area contributed by atoms with Crippen molar-refractivity contribution in [2.45, 2.75) is 64.7 Å². The number of likely N-dealkylation sites (tertiary alicyclic amines) is 1. The third kappa shape index (κ3) is 4.08. The summed E-state index contributed by atoms with van der Waals surface area (Å²) in [7, 11) is 0. The van der Waals surface area contributed by atoms with E-state index in [2.05, 4.69) is 11.8 Å². The standard InChI is InChI=1S/C16H29NO/c1-2-14-8-9-16(18)15(12-14)13-17-10-6-4-3-5-7-11-17/h14-15H,2-13H2,1H3. The van der Waals surface area contributed by atoms with Crippen molar-refractivity contribution in [2.75, 3.05) is 19.6 Å². The Morgan fingerprint density at radius 3 is 2.44 bits per heavy atom. The first-order valence-electron chi connectivity index (χ1n) is 8.04. The molecule has 0 amide bonds. The molecule has 2 fully saturated rings. The SMILES string of the molecule is CCC1CCC(=O)C(CN2CCCCCCC2)C1. The Balaban J connectivity index is 1.83. The summed E-state index contributed by atoms with van der Waals surface area (Å²) in [6, 6.07) is 0. The molecule has 2 atom stereocenters. The molecule has 2 unspecified atom stereocenters. The lowest BCUT2D eigenvalue weighted by molar-refractivity contribution is -0.126. The third-order valence-corrected chi connectivity index (χ3v) is 4.88. The van der Waals surface area contributed by atoms with Crippen LogP contribution < -0.4 is 0 Å². The van der Waals surface area contributed by atoms with Crippen molar-refractivity contribution in [2.24, 2.45) is 11.8 Å². The normalized spacial score (nSPS) is 31.9. The van der Waals surface area contributed by atoms with Crippen LogP contribution in [-0.2, 0) is 4.79 Å². The zero-order valence-electron chi connectivity index (χ0n) is 12.0. The molecule has 2 aliphatic rings. The summed E-state index contributed by atoms with van der Waals surface area (Å²) in [5.41, 5.74) is 0. The first-order valence-corrected chi connectivity index (χ1v) is 8.04. The third-order valence-electron chi connectivity index (χ3n) is 4.88. The highest BCUT2D eigenvalue weighted by molar-refractivity contribution is 5.81. The van der Waals surface area contributed by atoms with Crippen molar-refractivity contribution in [1.29, 1.82) is 0 Å². The van der Waals surface area contributed by atoms with E-state index in [1.54, 1.807) is 0 Å². The summed E-state index contributed by atoms with van der Waals surface area (Å²) in [6.07, 6.45) is 11.2.